The van der Waals surface area contributed by atoms with Crippen LogP contribution in [0.1, 0.15) is 26.7 Å². The van der Waals surface area contributed by atoms with Crippen LogP contribution in [0.5, 0.6) is 0 Å². The number of aliphatic imine (C=N–C) groups is 1. The Hall–Kier alpha value is -0.0800. The second kappa shape index (κ2) is 9.84. The van der Waals surface area contributed by atoms with E-state index in [0.717, 1.165) is 38.1 Å². The van der Waals surface area contributed by atoms with E-state index in [1.54, 1.807) is 7.11 Å². The average Bonchev–Trinajstić information content (AvgIpc) is 2.94. The van der Waals surface area contributed by atoms with E-state index in [2.05, 4.69) is 29.1 Å². The van der Waals surface area contributed by atoms with Crippen LogP contribution in [-0.4, -0.2) is 63.5 Å². The number of methoxy groups -OCH3 is 1. The summed E-state index contributed by atoms with van der Waals surface area (Å²) in [6.45, 7) is 9.58. The van der Waals surface area contributed by atoms with Gasteiger partial charge in [0.1, 0.15) is 0 Å². The molecule has 2 fully saturated rings. The van der Waals surface area contributed by atoms with Crippen LogP contribution in [0.3, 0.4) is 0 Å². The molecule has 1 N–H and O–H groups in total. The average molecular weight is 411 g/mol. The topological polar surface area (TPSA) is 46.1 Å². The van der Waals surface area contributed by atoms with Crippen molar-refractivity contribution in [2.75, 3.05) is 46.6 Å². The number of halogens is 1. The molecule has 2 rings (SSSR count). The first kappa shape index (κ1) is 19.0. The van der Waals surface area contributed by atoms with Crippen molar-refractivity contribution >= 4 is 29.9 Å². The summed E-state index contributed by atoms with van der Waals surface area (Å²) in [5.41, 5.74) is 0. The van der Waals surface area contributed by atoms with Gasteiger partial charge < -0.3 is 19.7 Å². The fraction of sp³-hybridized carbons (Fsp3) is 0.933. The molecular weight excluding hydrogens is 381 g/mol. The fourth-order valence-electron chi connectivity index (χ4n) is 2.63. The van der Waals surface area contributed by atoms with Gasteiger partial charge in [0.2, 0.25) is 0 Å². The predicted molar refractivity (Wildman–Crippen MR) is 96.5 cm³/mol. The predicted octanol–water partition coefficient (Wildman–Crippen LogP) is 1.96. The van der Waals surface area contributed by atoms with Crippen LogP contribution in [0, 0.1) is 11.8 Å². The summed E-state index contributed by atoms with van der Waals surface area (Å²) in [5, 5.41) is 3.60. The highest BCUT2D eigenvalue weighted by Gasteiger charge is 2.35. The van der Waals surface area contributed by atoms with Gasteiger partial charge in [-0.1, -0.05) is 6.92 Å². The molecule has 5 nitrogen and oxygen atoms in total. The summed E-state index contributed by atoms with van der Waals surface area (Å²) in [7, 11) is 1.71. The number of rotatable bonds is 7. The van der Waals surface area contributed by atoms with Crippen molar-refractivity contribution < 1.29 is 9.47 Å². The van der Waals surface area contributed by atoms with E-state index < -0.39 is 0 Å². The maximum Gasteiger partial charge on any atom is 0.194 e. The van der Waals surface area contributed by atoms with Gasteiger partial charge in [0.05, 0.1) is 19.8 Å². The molecule has 1 aliphatic heterocycles. The van der Waals surface area contributed by atoms with E-state index in [4.69, 9.17) is 9.47 Å². The Morgan fingerprint density at radius 1 is 1.38 bits per heavy atom. The Labute approximate surface area is 145 Å². The lowest BCUT2D eigenvalue weighted by Crippen LogP contribution is -2.42. The lowest BCUT2D eigenvalue weighted by atomic mass is 10.1. The molecule has 0 amide bonds. The van der Waals surface area contributed by atoms with Crippen molar-refractivity contribution in [2.24, 2.45) is 16.8 Å². The molecule has 0 radical (unpaired) electrons. The zero-order valence-corrected chi connectivity index (χ0v) is 15.8. The number of nitrogens with one attached hydrogen (secondary N) is 1. The number of nitrogens with zero attached hydrogens (tertiary/aromatic N) is 2. The Balaban J connectivity index is 0.00000220. The largest absolute Gasteiger partial charge is 0.382 e. The van der Waals surface area contributed by atoms with Crippen molar-refractivity contribution in [2.45, 2.75) is 32.7 Å². The first-order valence-corrected chi connectivity index (χ1v) is 7.87. The van der Waals surface area contributed by atoms with E-state index in [1.165, 1.54) is 12.8 Å². The maximum atomic E-state index is 5.64. The Morgan fingerprint density at radius 3 is 2.76 bits per heavy atom. The monoisotopic (exact) mass is 411 g/mol. The van der Waals surface area contributed by atoms with Crippen LogP contribution in [0.15, 0.2) is 4.99 Å². The minimum Gasteiger partial charge on any atom is -0.382 e. The minimum atomic E-state index is 0. The van der Waals surface area contributed by atoms with Gasteiger partial charge in [-0.2, -0.15) is 0 Å². The lowest BCUT2D eigenvalue weighted by Gasteiger charge is -2.22. The molecule has 6 heteroatoms. The third-order valence-electron chi connectivity index (χ3n) is 4.10. The molecular formula is C15H30IN3O2. The lowest BCUT2D eigenvalue weighted by molar-refractivity contribution is 0.0536. The van der Waals surface area contributed by atoms with Crippen LogP contribution in [-0.2, 0) is 9.47 Å². The number of ether oxygens (including phenoxy) is 2. The number of hydrogen-bond acceptors (Lipinski definition) is 3. The molecule has 1 saturated heterocycles. The molecule has 0 bridgehead atoms. The van der Waals surface area contributed by atoms with Crippen LogP contribution < -0.4 is 5.32 Å². The van der Waals surface area contributed by atoms with Crippen molar-refractivity contribution in [3.05, 3.63) is 0 Å². The van der Waals surface area contributed by atoms with Crippen LogP contribution in [0.4, 0.5) is 0 Å². The summed E-state index contributed by atoms with van der Waals surface area (Å²) in [4.78, 5) is 7.02. The van der Waals surface area contributed by atoms with Gasteiger partial charge >= 0.3 is 0 Å². The summed E-state index contributed by atoms with van der Waals surface area (Å²) in [6, 6.07) is 0.636. The van der Waals surface area contributed by atoms with Crippen molar-refractivity contribution in [1.29, 1.82) is 0 Å². The molecule has 21 heavy (non-hydrogen) atoms. The third-order valence-corrected chi connectivity index (χ3v) is 4.10. The molecule has 3 atom stereocenters. The number of likely N-dealkylation sites (tertiary alicyclic amines) is 1. The van der Waals surface area contributed by atoms with Crippen LogP contribution in [0.2, 0.25) is 0 Å². The molecule has 2 aliphatic rings. The van der Waals surface area contributed by atoms with Gasteiger partial charge in [0, 0.05) is 38.7 Å². The second-order valence-electron chi connectivity index (χ2n) is 5.93. The van der Waals surface area contributed by atoms with E-state index in [0.29, 0.717) is 25.2 Å². The Kier molecular flexibility index (Phi) is 8.89. The van der Waals surface area contributed by atoms with E-state index in [-0.39, 0.29) is 24.0 Å². The first-order valence-electron chi connectivity index (χ1n) is 7.87. The fourth-order valence-corrected chi connectivity index (χ4v) is 2.63. The highest BCUT2D eigenvalue weighted by atomic mass is 127. The maximum absolute atomic E-state index is 5.64. The normalized spacial score (nSPS) is 28.4. The smallest absolute Gasteiger partial charge is 0.194 e. The zero-order chi connectivity index (χ0) is 14.4. The zero-order valence-electron chi connectivity index (χ0n) is 13.5. The van der Waals surface area contributed by atoms with Gasteiger partial charge in [-0.25, -0.2) is 0 Å². The molecule has 1 heterocycles. The highest BCUT2D eigenvalue weighted by molar-refractivity contribution is 14.0. The van der Waals surface area contributed by atoms with Gasteiger partial charge in [0.15, 0.2) is 5.96 Å². The quantitative estimate of drug-likeness (QED) is 0.301. The standard InChI is InChI=1S/C15H29N3O2.HI/c1-4-16-15(17-14-9-12(14)2)18-6-5-13(10-18)11-20-8-7-19-3;/h12-14H,4-11H2,1-3H3,(H,16,17);1H. The van der Waals surface area contributed by atoms with E-state index in [9.17, 15) is 0 Å². The summed E-state index contributed by atoms with van der Waals surface area (Å²) in [5.74, 6) is 2.52. The van der Waals surface area contributed by atoms with Gasteiger partial charge in [-0.05, 0) is 25.7 Å². The number of guanidine groups is 1. The number of hydrogen-bond donors (Lipinski definition) is 1. The molecule has 1 saturated carbocycles. The minimum absolute atomic E-state index is 0. The first-order chi connectivity index (χ1) is 9.74. The summed E-state index contributed by atoms with van der Waals surface area (Å²) in [6.07, 6.45) is 2.47. The summed E-state index contributed by atoms with van der Waals surface area (Å²) < 4.78 is 10.6. The molecule has 3 unspecified atom stereocenters. The molecule has 0 aromatic rings. The van der Waals surface area contributed by atoms with E-state index >= 15 is 0 Å². The van der Waals surface area contributed by atoms with Gasteiger partial charge in [0.25, 0.3) is 0 Å². The Bertz CT molecular complexity index is 328. The third kappa shape index (κ3) is 6.28. The highest BCUT2D eigenvalue weighted by Crippen LogP contribution is 2.29. The Morgan fingerprint density at radius 2 is 2.14 bits per heavy atom. The SMILES string of the molecule is CCN=C(NC1CC1C)N1CCC(COCCOC)C1.I. The van der Waals surface area contributed by atoms with Crippen molar-refractivity contribution in [3.8, 4) is 0 Å². The molecule has 0 spiro atoms. The molecule has 1 aliphatic carbocycles. The summed E-state index contributed by atoms with van der Waals surface area (Å²) >= 11 is 0. The van der Waals surface area contributed by atoms with Crippen molar-refractivity contribution in [1.82, 2.24) is 10.2 Å². The molecule has 0 aromatic heterocycles. The second-order valence-corrected chi connectivity index (χ2v) is 5.93. The van der Waals surface area contributed by atoms with Crippen LogP contribution >= 0.6 is 24.0 Å². The molecule has 124 valence electrons. The van der Waals surface area contributed by atoms with Gasteiger partial charge in [-0.15, -0.1) is 24.0 Å². The molecule has 0 aromatic carbocycles. The van der Waals surface area contributed by atoms with Crippen molar-refractivity contribution in [3.63, 3.8) is 0 Å². The van der Waals surface area contributed by atoms with Crippen LogP contribution in [0.25, 0.3) is 0 Å². The van der Waals surface area contributed by atoms with E-state index in [1.807, 2.05) is 0 Å². The van der Waals surface area contributed by atoms with Gasteiger partial charge in [-0.3, -0.25) is 4.99 Å².